The number of tetrazole rings is 1. The van der Waals surface area contributed by atoms with Crippen molar-refractivity contribution in [2.75, 3.05) is 0 Å². The topological polar surface area (TPSA) is 80.3 Å². The molecule has 0 aliphatic heterocycles. The van der Waals surface area contributed by atoms with Crippen LogP contribution < -0.4 is 0 Å². The number of halogens is 1. The van der Waals surface area contributed by atoms with E-state index in [9.17, 15) is 4.39 Å². The molecule has 0 radical (unpaired) electrons. The molecule has 0 saturated carbocycles. The first-order valence-corrected chi connectivity index (χ1v) is 6.05. The summed E-state index contributed by atoms with van der Waals surface area (Å²) in [5.74, 6) is -0.167. The maximum absolute atomic E-state index is 13.3. The number of hydrogen-bond acceptors (Lipinski definition) is 6. The quantitative estimate of drug-likeness (QED) is 0.710. The van der Waals surface area contributed by atoms with Gasteiger partial charge in [-0.1, -0.05) is 0 Å². The summed E-state index contributed by atoms with van der Waals surface area (Å²) in [4.78, 5) is 5.23. The molecule has 0 aliphatic rings. The van der Waals surface area contributed by atoms with Gasteiger partial charge in [0, 0.05) is 17.6 Å². The molecule has 0 atom stereocenters. The predicted molar refractivity (Wildman–Crippen MR) is 64.9 cm³/mol. The molecule has 0 saturated heterocycles. The number of nitrogens with zero attached hydrogens (tertiary/aromatic N) is 6. The van der Waals surface area contributed by atoms with Gasteiger partial charge in [0.05, 0.1) is 17.3 Å². The van der Waals surface area contributed by atoms with Gasteiger partial charge in [-0.25, -0.2) is 9.37 Å². The number of hydrogen-bond donors (Lipinski definition) is 0. The third-order valence-electron chi connectivity index (χ3n) is 2.28. The van der Waals surface area contributed by atoms with Gasteiger partial charge in [-0.15, -0.1) is 26.3 Å². The second-order valence-electron chi connectivity index (χ2n) is 3.55. The highest BCUT2D eigenvalue weighted by atomic mass is 32.1. The summed E-state index contributed by atoms with van der Waals surface area (Å²) in [5, 5.41) is 23.0. The van der Waals surface area contributed by atoms with E-state index in [0.29, 0.717) is 16.5 Å². The van der Waals surface area contributed by atoms with Crippen molar-refractivity contribution in [3.63, 3.8) is 0 Å². The van der Waals surface area contributed by atoms with Crippen molar-refractivity contribution in [2.24, 2.45) is 0 Å². The zero-order valence-electron chi connectivity index (χ0n) is 9.36. The van der Waals surface area contributed by atoms with Crippen molar-refractivity contribution >= 4 is 11.3 Å². The normalized spacial score (nSPS) is 10.3. The molecule has 3 rings (SSSR count). The predicted octanol–water partition coefficient (Wildman–Crippen LogP) is 1.80. The highest BCUT2D eigenvalue weighted by Crippen LogP contribution is 2.17. The molecule has 92 valence electrons. The van der Waals surface area contributed by atoms with E-state index in [0.717, 1.165) is 6.07 Å². The maximum atomic E-state index is 13.3. The molecule has 19 heavy (non-hydrogen) atoms. The van der Waals surface area contributed by atoms with Crippen LogP contribution >= 0.6 is 11.3 Å². The van der Waals surface area contributed by atoms with Gasteiger partial charge >= 0.3 is 0 Å². The van der Waals surface area contributed by atoms with Gasteiger partial charge in [-0.3, -0.25) is 0 Å². The Morgan fingerprint density at radius 2 is 2.21 bits per heavy atom. The summed E-state index contributed by atoms with van der Waals surface area (Å²) < 4.78 is 13.3. The van der Waals surface area contributed by atoms with E-state index in [-0.39, 0.29) is 5.56 Å². The smallest absolute Gasteiger partial charge is 0.233 e. The van der Waals surface area contributed by atoms with Crippen LogP contribution in [0, 0.1) is 17.1 Å². The highest BCUT2D eigenvalue weighted by Gasteiger charge is 2.10. The Kier molecular flexibility index (Phi) is 2.74. The first-order valence-electron chi connectivity index (χ1n) is 5.17. The van der Waals surface area contributed by atoms with Crippen LogP contribution in [-0.2, 0) is 0 Å². The van der Waals surface area contributed by atoms with E-state index in [1.54, 1.807) is 11.6 Å². The lowest BCUT2D eigenvalue weighted by atomic mass is 10.2. The van der Waals surface area contributed by atoms with Crippen molar-refractivity contribution in [2.45, 2.75) is 0 Å². The summed E-state index contributed by atoms with van der Waals surface area (Å²) in [7, 11) is 0. The second kappa shape index (κ2) is 4.55. The molecule has 0 fully saturated rings. The molecule has 0 aliphatic carbocycles. The van der Waals surface area contributed by atoms with E-state index in [1.165, 1.54) is 28.3 Å². The number of benzene rings is 1. The van der Waals surface area contributed by atoms with Crippen molar-refractivity contribution in [3.8, 4) is 22.6 Å². The Bertz CT molecular complexity index is 758. The Balaban J connectivity index is 2.04. The molecule has 3 aromatic rings. The van der Waals surface area contributed by atoms with Crippen LogP contribution in [-0.4, -0.2) is 25.2 Å². The number of aromatic nitrogens is 5. The maximum Gasteiger partial charge on any atom is 0.233 e. The van der Waals surface area contributed by atoms with Crippen molar-refractivity contribution in [1.29, 1.82) is 5.26 Å². The monoisotopic (exact) mass is 272 g/mol. The SMILES string of the molecule is N#Cc1cc(F)cc(-n2nnc(-c3nccs3)n2)c1. The van der Waals surface area contributed by atoms with E-state index >= 15 is 0 Å². The zero-order chi connectivity index (χ0) is 13.2. The van der Waals surface area contributed by atoms with Gasteiger partial charge in [0.2, 0.25) is 5.82 Å². The Hall–Kier alpha value is -2.66. The number of rotatable bonds is 2. The lowest BCUT2D eigenvalue weighted by Crippen LogP contribution is -2.00. The van der Waals surface area contributed by atoms with Crippen molar-refractivity contribution in [1.82, 2.24) is 25.2 Å². The molecule has 2 aromatic heterocycles. The first-order chi connectivity index (χ1) is 9.26. The number of nitriles is 1. The van der Waals surface area contributed by atoms with Crippen LogP contribution in [0.2, 0.25) is 0 Å². The van der Waals surface area contributed by atoms with Gasteiger partial charge in [0.25, 0.3) is 0 Å². The molecule has 0 amide bonds. The summed E-state index contributed by atoms with van der Waals surface area (Å²) >= 11 is 1.38. The number of thiazole rings is 1. The molecule has 0 unspecified atom stereocenters. The molecule has 8 heteroatoms. The standard InChI is InChI=1S/C11H5FN6S/c12-8-3-7(6-13)4-9(5-8)18-16-10(15-17-18)11-14-1-2-19-11/h1-5H. The van der Waals surface area contributed by atoms with E-state index in [2.05, 4.69) is 20.4 Å². The molecular weight excluding hydrogens is 267 g/mol. The minimum Gasteiger partial charge on any atom is -0.241 e. The van der Waals surface area contributed by atoms with E-state index in [4.69, 9.17) is 5.26 Å². The zero-order valence-corrected chi connectivity index (χ0v) is 10.2. The van der Waals surface area contributed by atoms with Crippen molar-refractivity contribution < 1.29 is 4.39 Å². The summed E-state index contributed by atoms with van der Waals surface area (Å²) in [6.07, 6.45) is 1.64. The molecule has 1 aromatic carbocycles. The molecule has 0 spiro atoms. The summed E-state index contributed by atoms with van der Waals surface area (Å²) in [6, 6.07) is 5.73. The molecule has 0 bridgehead atoms. The largest absolute Gasteiger partial charge is 0.241 e. The van der Waals surface area contributed by atoms with Crippen LogP contribution in [0.5, 0.6) is 0 Å². The minimum atomic E-state index is -0.526. The van der Waals surface area contributed by atoms with Gasteiger partial charge in [-0.2, -0.15) is 5.26 Å². The average molecular weight is 272 g/mol. The fourth-order valence-electron chi connectivity index (χ4n) is 1.50. The first kappa shape index (κ1) is 11.4. The van der Waals surface area contributed by atoms with E-state index < -0.39 is 5.82 Å². The highest BCUT2D eigenvalue weighted by molar-refractivity contribution is 7.12. The minimum absolute atomic E-state index is 0.197. The Labute approximate surface area is 110 Å². The van der Waals surface area contributed by atoms with Gasteiger partial charge in [0.1, 0.15) is 5.82 Å². The van der Waals surface area contributed by atoms with Crippen LogP contribution in [0.15, 0.2) is 29.8 Å². The average Bonchev–Trinajstić information content (AvgIpc) is 3.08. The van der Waals surface area contributed by atoms with Crippen LogP contribution in [0.25, 0.3) is 16.5 Å². The third-order valence-corrected chi connectivity index (χ3v) is 3.05. The fraction of sp³-hybridized carbons (Fsp3) is 0. The fourth-order valence-corrected chi connectivity index (χ4v) is 2.06. The van der Waals surface area contributed by atoms with Gasteiger partial charge < -0.3 is 0 Å². The van der Waals surface area contributed by atoms with Crippen LogP contribution in [0.3, 0.4) is 0 Å². The Morgan fingerprint density at radius 3 is 2.95 bits per heavy atom. The summed E-state index contributed by atoms with van der Waals surface area (Å²) in [5.41, 5.74) is 0.537. The lowest BCUT2D eigenvalue weighted by molar-refractivity contribution is 0.620. The molecule has 0 N–H and O–H groups in total. The van der Waals surface area contributed by atoms with Gasteiger partial charge in [0.15, 0.2) is 5.01 Å². The van der Waals surface area contributed by atoms with Crippen LogP contribution in [0.1, 0.15) is 5.56 Å². The van der Waals surface area contributed by atoms with Crippen LogP contribution in [0.4, 0.5) is 4.39 Å². The van der Waals surface area contributed by atoms with Crippen molar-refractivity contribution in [3.05, 3.63) is 41.2 Å². The second-order valence-corrected chi connectivity index (χ2v) is 4.44. The third kappa shape index (κ3) is 2.19. The van der Waals surface area contributed by atoms with E-state index in [1.807, 2.05) is 6.07 Å². The summed E-state index contributed by atoms with van der Waals surface area (Å²) in [6.45, 7) is 0. The molecule has 2 heterocycles. The lowest BCUT2D eigenvalue weighted by Gasteiger charge is -1.98. The Morgan fingerprint density at radius 1 is 1.32 bits per heavy atom. The molecule has 6 nitrogen and oxygen atoms in total. The molecular formula is C11H5FN6S. The van der Waals surface area contributed by atoms with Gasteiger partial charge in [-0.05, 0) is 17.3 Å².